The first-order chi connectivity index (χ1) is 15.5. The molecule has 4 rings (SSSR count). The summed E-state index contributed by atoms with van der Waals surface area (Å²) in [5, 5.41) is 7.49. The number of hydrogen-bond acceptors (Lipinski definition) is 4. The monoisotopic (exact) mass is 433 g/mol. The van der Waals surface area contributed by atoms with E-state index in [1.165, 1.54) is 12.8 Å². The maximum Gasteiger partial charge on any atom is 0.255 e. The van der Waals surface area contributed by atoms with Crippen LogP contribution in [0.1, 0.15) is 42.2 Å². The molecule has 1 aliphatic carbocycles. The minimum atomic E-state index is -0.139. The summed E-state index contributed by atoms with van der Waals surface area (Å²) in [4.78, 5) is 23.3. The second-order valence-corrected chi connectivity index (χ2v) is 8.84. The molecule has 0 radical (unpaired) electrons. The standard InChI is InChI=1S/C26H31N3O3/c1-18(11-12-30)15-27-16-23-14-21-13-22(7-10-25(21)29(23)2)28-26(31)20-5-8-24(9-6-20)32-17-19-3-4-19/h5-10,12-14,18-19,27H,3-4,11,15-17H2,1-2H3,(H,28,31). The molecule has 3 aromatic rings. The maximum atomic E-state index is 12.7. The Bertz CT molecular complexity index is 1080. The Morgan fingerprint density at radius 3 is 2.69 bits per heavy atom. The molecule has 1 unspecified atom stereocenters. The molecule has 1 saturated carbocycles. The van der Waals surface area contributed by atoms with Crippen molar-refractivity contribution in [3.8, 4) is 5.75 Å². The summed E-state index contributed by atoms with van der Waals surface area (Å²) >= 11 is 0. The lowest BCUT2D eigenvalue weighted by Crippen LogP contribution is -2.22. The molecule has 0 saturated heterocycles. The normalized spacial score (nSPS) is 14.3. The van der Waals surface area contributed by atoms with E-state index in [0.717, 1.165) is 54.0 Å². The highest BCUT2D eigenvalue weighted by molar-refractivity contribution is 6.05. The molecule has 1 heterocycles. The third-order valence-electron chi connectivity index (χ3n) is 6.00. The largest absolute Gasteiger partial charge is 0.493 e. The van der Waals surface area contributed by atoms with Gasteiger partial charge in [0.15, 0.2) is 0 Å². The van der Waals surface area contributed by atoms with Gasteiger partial charge in [-0.1, -0.05) is 6.92 Å². The number of aromatic nitrogens is 1. The van der Waals surface area contributed by atoms with Crippen LogP contribution in [0.25, 0.3) is 10.9 Å². The minimum Gasteiger partial charge on any atom is -0.493 e. The molecule has 1 fully saturated rings. The number of rotatable bonds is 11. The van der Waals surface area contributed by atoms with Crippen molar-refractivity contribution in [1.29, 1.82) is 0 Å². The highest BCUT2D eigenvalue weighted by atomic mass is 16.5. The molecule has 1 aliphatic rings. The number of carbonyl (C=O) groups is 2. The number of carbonyl (C=O) groups excluding carboxylic acids is 2. The van der Waals surface area contributed by atoms with Crippen LogP contribution in [0, 0.1) is 11.8 Å². The van der Waals surface area contributed by atoms with Gasteiger partial charge in [0.2, 0.25) is 0 Å². The van der Waals surface area contributed by atoms with Crippen LogP contribution in [-0.4, -0.2) is 29.9 Å². The summed E-state index contributed by atoms with van der Waals surface area (Å²) in [6.07, 6.45) is 4.05. The zero-order valence-electron chi connectivity index (χ0n) is 18.8. The van der Waals surface area contributed by atoms with Crippen LogP contribution in [0.5, 0.6) is 5.75 Å². The second-order valence-electron chi connectivity index (χ2n) is 8.84. The molecule has 1 aromatic heterocycles. The van der Waals surface area contributed by atoms with Crippen molar-refractivity contribution in [3.63, 3.8) is 0 Å². The first-order valence-corrected chi connectivity index (χ1v) is 11.3. The lowest BCUT2D eigenvalue weighted by molar-refractivity contribution is -0.108. The van der Waals surface area contributed by atoms with Gasteiger partial charge in [-0.05, 0) is 79.8 Å². The van der Waals surface area contributed by atoms with Gasteiger partial charge in [-0.3, -0.25) is 4.79 Å². The van der Waals surface area contributed by atoms with Crippen molar-refractivity contribution in [2.75, 3.05) is 18.5 Å². The van der Waals surface area contributed by atoms with E-state index in [4.69, 9.17) is 4.74 Å². The van der Waals surface area contributed by atoms with Crippen molar-refractivity contribution >= 4 is 28.8 Å². The summed E-state index contributed by atoms with van der Waals surface area (Å²) in [5.41, 5.74) is 3.63. The molecule has 0 spiro atoms. The van der Waals surface area contributed by atoms with Crippen molar-refractivity contribution in [2.24, 2.45) is 18.9 Å². The topological polar surface area (TPSA) is 72.4 Å². The molecule has 6 heteroatoms. The van der Waals surface area contributed by atoms with Gasteiger partial charge < -0.3 is 24.7 Å². The Morgan fingerprint density at radius 1 is 1.19 bits per heavy atom. The van der Waals surface area contributed by atoms with Gasteiger partial charge in [-0.15, -0.1) is 0 Å². The zero-order valence-corrected chi connectivity index (χ0v) is 18.8. The van der Waals surface area contributed by atoms with Gasteiger partial charge in [-0.25, -0.2) is 0 Å². The Kier molecular flexibility index (Phi) is 6.90. The van der Waals surface area contributed by atoms with E-state index < -0.39 is 0 Å². The first-order valence-electron chi connectivity index (χ1n) is 11.3. The van der Waals surface area contributed by atoms with Crippen LogP contribution in [-0.2, 0) is 18.4 Å². The van der Waals surface area contributed by atoms with Gasteiger partial charge in [0.25, 0.3) is 5.91 Å². The Labute approximate surface area is 188 Å². The molecule has 1 atom stereocenters. The van der Waals surface area contributed by atoms with Crippen molar-refractivity contribution in [1.82, 2.24) is 9.88 Å². The number of amides is 1. The SMILES string of the molecule is CC(CC=O)CNCc1cc2cc(NC(=O)c3ccc(OCC4CC4)cc3)ccc2n1C. The Morgan fingerprint density at radius 2 is 1.97 bits per heavy atom. The third-order valence-corrected chi connectivity index (χ3v) is 6.00. The molecule has 2 N–H and O–H groups in total. The highest BCUT2D eigenvalue weighted by Gasteiger charge is 2.21. The average molecular weight is 434 g/mol. The van der Waals surface area contributed by atoms with Gasteiger partial charge in [0.1, 0.15) is 12.0 Å². The highest BCUT2D eigenvalue weighted by Crippen LogP contribution is 2.29. The number of hydrogen-bond donors (Lipinski definition) is 2. The molecule has 2 aromatic carbocycles. The lowest BCUT2D eigenvalue weighted by atomic mass is 10.1. The van der Waals surface area contributed by atoms with Gasteiger partial charge in [0.05, 0.1) is 6.61 Å². The predicted octanol–water partition coefficient (Wildman–Crippen LogP) is 4.53. The lowest BCUT2D eigenvalue weighted by Gasteiger charge is -2.10. The van der Waals surface area contributed by atoms with Crippen molar-refractivity contribution in [3.05, 3.63) is 59.8 Å². The fraction of sp³-hybridized carbons (Fsp3) is 0.385. The quantitative estimate of drug-likeness (QED) is 0.436. The van der Waals surface area contributed by atoms with E-state index in [0.29, 0.717) is 23.8 Å². The van der Waals surface area contributed by atoms with E-state index in [9.17, 15) is 9.59 Å². The number of benzene rings is 2. The molecule has 32 heavy (non-hydrogen) atoms. The molecule has 0 bridgehead atoms. The zero-order chi connectivity index (χ0) is 22.5. The minimum absolute atomic E-state index is 0.139. The number of ether oxygens (including phenoxy) is 1. The average Bonchev–Trinajstić information content (AvgIpc) is 3.57. The third kappa shape index (κ3) is 5.56. The number of aryl methyl sites for hydroxylation is 1. The summed E-state index contributed by atoms with van der Waals surface area (Å²) in [6.45, 7) is 4.35. The van der Waals surface area contributed by atoms with E-state index in [2.05, 4.69) is 28.2 Å². The van der Waals surface area contributed by atoms with Gasteiger partial charge >= 0.3 is 0 Å². The molecule has 168 valence electrons. The van der Waals surface area contributed by atoms with E-state index in [-0.39, 0.29) is 5.91 Å². The first kappa shape index (κ1) is 22.1. The number of nitrogens with one attached hydrogen (secondary N) is 2. The number of fused-ring (bicyclic) bond motifs is 1. The van der Waals surface area contributed by atoms with Crippen LogP contribution in [0.2, 0.25) is 0 Å². The summed E-state index contributed by atoms with van der Waals surface area (Å²) < 4.78 is 7.89. The summed E-state index contributed by atoms with van der Waals surface area (Å²) in [7, 11) is 2.04. The summed E-state index contributed by atoms with van der Waals surface area (Å²) in [6, 6.07) is 15.4. The molecular formula is C26H31N3O3. The van der Waals surface area contributed by atoms with E-state index >= 15 is 0 Å². The summed E-state index contributed by atoms with van der Waals surface area (Å²) in [5.74, 6) is 1.69. The fourth-order valence-electron chi connectivity index (χ4n) is 3.75. The van der Waals surface area contributed by atoms with Crippen LogP contribution in [0.15, 0.2) is 48.5 Å². The van der Waals surface area contributed by atoms with Crippen molar-refractivity contribution in [2.45, 2.75) is 32.7 Å². The maximum absolute atomic E-state index is 12.7. The fourth-order valence-corrected chi connectivity index (χ4v) is 3.75. The smallest absolute Gasteiger partial charge is 0.255 e. The number of aldehydes is 1. The molecular weight excluding hydrogens is 402 g/mol. The molecule has 0 aliphatic heterocycles. The predicted molar refractivity (Wildman–Crippen MR) is 127 cm³/mol. The van der Waals surface area contributed by atoms with Crippen LogP contribution in [0.3, 0.4) is 0 Å². The second kappa shape index (κ2) is 10.0. The van der Waals surface area contributed by atoms with Crippen molar-refractivity contribution < 1.29 is 14.3 Å². The van der Waals surface area contributed by atoms with Crippen LogP contribution < -0.4 is 15.4 Å². The molecule has 6 nitrogen and oxygen atoms in total. The van der Waals surface area contributed by atoms with Crippen LogP contribution >= 0.6 is 0 Å². The van der Waals surface area contributed by atoms with Crippen LogP contribution in [0.4, 0.5) is 5.69 Å². The van der Waals surface area contributed by atoms with E-state index in [1.807, 2.05) is 37.4 Å². The van der Waals surface area contributed by atoms with Gasteiger partial charge in [-0.2, -0.15) is 0 Å². The Hall–Kier alpha value is -3.12. The van der Waals surface area contributed by atoms with Gasteiger partial charge in [0, 0.05) is 47.9 Å². The Balaban J connectivity index is 1.37. The number of anilines is 1. The number of nitrogens with zero attached hydrogens (tertiary/aromatic N) is 1. The molecule has 1 amide bonds. The van der Waals surface area contributed by atoms with E-state index in [1.54, 1.807) is 12.1 Å².